The monoisotopic (exact) mass is 366 g/mol. The van der Waals surface area contributed by atoms with E-state index in [4.69, 9.17) is 9.26 Å². The predicted octanol–water partition coefficient (Wildman–Crippen LogP) is 2.57. The fraction of sp³-hybridized carbons (Fsp3) is 0.158. The first-order valence-corrected chi connectivity index (χ1v) is 8.21. The van der Waals surface area contributed by atoms with Gasteiger partial charge in [0.15, 0.2) is 6.61 Å². The first kappa shape index (κ1) is 18.1. The van der Waals surface area contributed by atoms with Gasteiger partial charge in [-0.25, -0.2) is 0 Å². The van der Waals surface area contributed by atoms with Crippen molar-refractivity contribution in [1.82, 2.24) is 15.5 Å². The molecular formula is C19H18N4O4. The lowest BCUT2D eigenvalue weighted by Crippen LogP contribution is -2.21. The van der Waals surface area contributed by atoms with Gasteiger partial charge in [-0.05, 0) is 36.4 Å². The third kappa shape index (κ3) is 4.49. The molecule has 0 spiro atoms. The summed E-state index contributed by atoms with van der Waals surface area (Å²) in [5.41, 5.74) is 1.27. The van der Waals surface area contributed by atoms with Crippen LogP contribution >= 0.6 is 0 Å². The van der Waals surface area contributed by atoms with E-state index in [2.05, 4.69) is 20.8 Å². The molecule has 3 rings (SSSR count). The number of ether oxygens (including phenoxy) is 1. The Labute approximate surface area is 155 Å². The topological polar surface area (TPSA) is 106 Å². The standard InChI is InChI=1S/C19H18N4O4/c1-12-21-17(23-27-12)11-26-14-9-7-13(8-10-14)18(24)22-16-6-4-3-5-15(16)19(25)20-2/h3-10H,11H2,1-2H3,(H,20,25)(H,22,24). The molecule has 0 bridgehead atoms. The Kier molecular flexibility index (Phi) is 5.46. The number of aryl methyl sites for hydroxylation is 1. The first-order valence-electron chi connectivity index (χ1n) is 8.21. The molecule has 1 heterocycles. The minimum Gasteiger partial charge on any atom is -0.485 e. The third-order valence-electron chi connectivity index (χ3n) is 3.70. The Morgan fingerprint density at radius 3 is 2.48 bits per heavy atom. The van der Waals surface area contributed by atoms with Crippen LogP contribution in [0.4, 0.5) is 5.69 Å². The summed E-state index contributed by atoms with van der Waals surface area (Å²) in [7, 11) is 1.54. The van der Waals surface area contributed by atoms with Crippen molar-refractivity contribution < 1.29 is 18.8 Å². The van der Waals surface area contributed by atoms with Gasteiger partial charge in [0.05, 0.1) is 11.3 Å². The van der Waals surface area contributed by atoms with Gasteiger partial charge in [-0.3, -0.25) is 9.59 Å². The van der Waals surface area contributed by atoms with Gasteiger partial charge >= 0.3 is 0 Å². The Bertz CT molecular complexity index is 950. The molecule has 2 aromatic carbocycles. The minimum atomic E-state index is -0.327. The number of nitrogens with one attached hydrogen (secondary N) is 2. The first-order chi connectivity index (χ1) is 13.1. The average molecular weight is 366 g/mol. The van der Waals surface area contributed by atoms with Gasteiger partial charge in [-0.15, -0.1) is 0 Å². The average Bonchev–Trinajstić information content (AvgIpc) is 3.12. The molecule has 8 heteroatoms. The Morgan fingerprint density at radius 1 is 1.07 bits per heavy atom. The van der Waals surface area contributed by atoms with Gasteiger partial charge in [0.25, 0.3) is 11.8 Å². The molecule has 2 N–H and O–H groups in total. The van der Waals surface area contributed by atoms with Crippen LogP contribution in [0.1, 0.15) is 32.4 Å². The molecular weight excluding hydrogens is 348 g/mol. The quantitative estimate of drug-likeness (QED) is 0.694. The number of anilines is 1. The fourth-order valence-electron chi connectivity index (χ4n) is 2.37. The lowest BCUT2D eigenvalue weighted by Gasteiger charge is -2.10. The van der Waals surface area contributed by atoms with Crippen molar-refractivity contribution in [3.05, 3.63) is 71.4 Å². The van der Waals surface area contributed by atoms with Crippen molar-refractivity contribution in [2.24, 2.45) is 0 Å². The molecule has 0 unspecified atom stereocenters. The number of carbonyl (C=O) groups excluding carboxylic acids is 2. The van der Waals surface area contributed by atoms with E-state index in [0.717, 1.165) is 0 Å². The Morgan fingerprint density at radius 2 is 1.81 bits per heavy atom. The van der Waals surface area contributed by atoms with Crippen molar-refractivity contribution in [3.8, 4) is 5.75 Å². The number of amides is 2. The summed E-state index contributed by atoms with van der Waals surface area (Å²) in [6.07, 6.45) is 0. The number of rotatable bonds is 6. The highest BCUT2D eigenvalue weighted by atomic mass is 16.5. The van der Waals surface area contributed by atoms with Crippen LogP contribution in [0.3, 0.4) is 0 Å². The molecule has 0 aliphatic rings. The highest BCUT2D eigenvalue weighted by Crippen LogP contribution is 2.18. The number of hydrogen-bond donors (Lipinski definition) is 2. The summed E-state index contributed by atoms with van der Waals surface area (Å²) in [5, 5.41) is 9.04. The normalized spacial score (nSPS) is 10.3. The molecule has 27 heavy (non-hydrogen) atoms. The fourth-order valence-corrected chi connectivity index (χ4v) is 2.37. The molecule has 1 aromatic heterocycles. The van der Waals surface area contributed by atoms with E-state index in [1.807, 2.05) is 0 Å². The second kappa shape index (κ2) is 8.13. The summed E-state index contributed by atoms with van der Waals surface area (Å²) in [4.78, 5) is 28.4. The molecule has 0 fully saturated rings. The molecule has 0 radical (unpaired) electrons. The second-order valence-corrected chi connectivity index (χ2v) is 5.62. The number of benzene rings is 2. The van der Waals surface area contributed by atoms with Crippen LogP contribution in [-0.4, -0.2) is 29.0 Å². The molecule has 0 saturated carbocycles. The van der Waals surface area contributed by atoms with E-state index in [0.29, 0.717) is 34.3 Å². The van der Waals surface area contributed by atoms with E-state index in [9.17, 15) is 9.59 Å². The van der Waals surface area contributed by atoms with Gasteiger partial charge < -0.3 is 19.9 Å². The van der Waals surface area contributed by atoms with Crippen LogP contribution < -0.4 is 15.4 Å². The van der Waals surface area contributed by atoms with Crippen LogP contribution in [0.2, 0.25) is 0 Å². The van der Waals surface area contributed by atoms with E-state index in [1.165, 1.54) is 7.05 Å². The van der Waals surface area contributed by atoms with E-state index >= 15 is 0 Å². The number of carbonyl (C=O) groups is 2. The van der Waals surface area contributed by atoms with Gasteiger partial charge in [-0.1, -0.05) is 17.3 Å². The van der Waals surface area contributed by atoms with E-state index < -0.39 is 0 Å². The SMILES string of the molecule is CNC(=O)c1ccccc1NC(=O)c1ccc(OCc2noc(C)n2)cc1. The van der Waals surface area contributed by atoms with E-state index in [-0.39, 0.29) is 18.4 Å². The van der Waals surface area contributed by atoms with Crippen LogP contribution in [-0.2, 0) is 6.61 Å². The van der Waals surface area contributed by atoms with Gasteiger partial charge in [-0.2, -0.15) is 4.98 Å². The van der Waals surface area contributed by atoms with Crippen LogP contribution in [0, 0.1) is 6.92 Å². The lowest BCUT2D eigenvalue weighted by molar-refractivity contribution is 0.0964. The number of para-hydroxylation sites is 1. The summed E-state index contributed by atoms with van der Waals surface area (Å²) in [6.45, 7) is 1.87. The molecule has 8 nitrogen and oxygen atoms in total. The summed E-state index contributed by atoms with van der Waals surface area (Å²) >= 11 is 0. The second-order valence-electron chi connectivity index (χ2n) is 5.62. The molecule has 0 aliphatic heterocycles. The van der Waals surface area contributed by atoms with Crippen LogP contribution in [0.25, 0.3) is 0 Å². The zero-order chi connectivity index (χ0) is 19.2. The summed E-state index contributed by atoms with van der Waals surface area (Å²) in [6, 6.07) is 13.4. The predicted molar refractivity (Wildman–Crippen MR) is 97.6 cm³/mol. The maximum Gasteiger partial charge on any atom is 0.255 e. The third-order valence-corrected chi connectivity index (χ3v) is 3.70. The summed E-state index contributed by atoms with van der Waals surface area (Å²) in [5.74, 6) is 0.885. The molecule has 2 amide bonds. The molecule has 0 saturated heterocycles. The molecule has 138 valence electrons. The molecule has 0 atom stereocenters. The molecule has 0 aliphatic carbocycles. The minimum absolute atomic E-state index is 0.169. The van der Waals surface area contributed by atoms with Gasteiger partial charge in [0.2, 0.25) is 11.7 Å². The van der Waals surface area contributed by atoms with Crippen molar-refractivity contribution in [2.45, 2.75) is 13.5 Å². The largest absolute Gasteiger partial charge is 0.485 e. The maximum atomic E-state index is 12.5. The van der Waals surface area contributed by atoms with Gasteiger partial charge in [0, 0.05) is 19.5 Å². The van der Waals surface area contributed by atoms with Crippen LogP contribution in [0.5, 0.6) is 5.75 Å². The highest BCUT2D eigenvalue weighted by Gasteiger charge is 2.13. The zero-order valence-electron chi connectivity index (χ0n) is 14.9. The molecule has 3 aromatic rings. The lowest BCUT2D eigenvalue weighted by atomic mass is 10.1. The smallest absolute Gasteiger partial charge is 0.255 e. The Hall–Kier alpha value is -3.68. The summed E-state index contributed by atoms with van der Waals surface area (Å²) < 4.78 is 10.4. The van der Waals surface area contributed by atoms with E-state index in [1.54, 1.807) is 55.5 Å². The van der Waals surface area contributed by atoms with Crippen molar-refractivity contribution in [2.75, 3.05) is 12.4 Å². The number of hydrogen-bond acceptors (Lipinski definition) is 6. The van der Waals surface area contributed by atoms with Crippen molar-refractivity contribution in [3.63, 3.8) is 0 Å². The Balaban J connectivity index is 1.65. The van der Waals surface area contributed by atoms with Crippen molar-refractivity contribution in [1.29, 1.82) is 0 Å². The van der Waals surface area contributed by atoms with Crippen molar-refractivity contribution >= 4 is 17.5 Å². The van der Waals surface area contributed by atoms with Gasteiger partial charge in [0.1, 0.15) is 5.75 Å². The van der Waals surface area contributed by atoms with Crippen LogP contribution in [0.15, 0.2) is 53.1 Å². The highest BCUT2D eigenvalue weighted by molar-refractivity contribution is 6.08. The maximum absolute atomic E-state index is 12.5. The number of nitrogens with zero attached hydrogens (tertiary/aromatic N) is 2. The number of aromatic nitrogens is 2. The zero-order valence-corrected chi connectivity index (χ0v) is 14.9.